The lowest BCUT2D eigenvalue weighted by atomic mass is 9.97. The molecule has 240 valence electrons. The molecule has 2 rings (SSSR count). The van der Waals surface area contributed by atoms with E-state index in [0.717, 1.165) is 54.7 Å². The van der Waals surface area contributed by atoms with E-state index in [1.807, 2.05) is 0 Å². The maximum absolute atomic E-state index is 12.2. The number of ether oxygens (including phenoxy) is 10. The highest BCUT2D eigenvalue weighted by Crippen LogP contribution is 2.34. The Kier molecular flexibility index (Phi) is 12.9. The van der Waals surface area contributed by atoms with Crippen LogP contribution >= 0.6 is 0 Å². The third kappa shape index (κ3) is 10.8. The minimum absolute atomic E-state index is 0.308. The van der Waals surface area contributed by atoms with Crippen LogP contribution in [0.25, 0.3) is 0 Å². The maximum Gasteiger partial charge on any atom is 0.307 e. The number of carbonyl (C=O) groups is 7. The standard InChI is InChI=1S/C26H34O17/c1-11(27)34-8-18-21(22(38-14(4)30)19(10-36-18)37-13(3)29)43-26-25(41-17(7)33)24(40-16(6)32)23(39-15(5)31)20(42-26)9-35-12(2)28/h10,18,20-26H,8-9H2,1-7H3/t18-,20-,21-,22+,23-,24+,25-,26+/m1/s1. The van der Waals surface area contributed by atoms with Gasteiger partial charge in [0.05, 0.1) is 0 Å². The zero-order valence-corrected chi connectivity index (χ0v) is 24.6. The van der Waals surface area contributed by atoms with E-state index in [2.05, 4.69) is 0 Å². The normalized spacial score (nSPS) is 28.1. The van der Waals surface area contributed by atoms with Crippen LogP contribution in [0.15, 0.2) is 12.0 Å². The first-order valence-corrected chi connectivity index (χ1v) is 12.9. The molecule has 0 aromatic heterocycles. The molecule has 0 saturated carbocycles. The van der Waals surface area contributed by atoms with Gasteiger partial charge in [-0.3, -0.25) is 33.6 Å². The van der Waals surface area contributed by atoms with Crippen molar-refractivity contribution in [3.8, 4) is 0 Å². The van der Waals surface area contributed by atoms with Crippen molar-refractivity contribution in [3.05, 3.63) is 12.0 Å². The second kappa shape index (κ2) is 15.8. The van der Waals surface area contributed by atoms with Gasteiger partial charge in [-0.1, -0.05) is 0 Å². The molecule has 0 aliphatic carbocycles. The molecule has 17 heteroatoms. The Morgan fingerprint density at radius 2 is 1.07 bits per heavy atom. The van der Waals surface area contributed by atoms with Crippen LogP contribution in [0.4, 0.5) is 0 Å². The van der Waals surface area contributed by atoms with Crippen LogP contribution < -0.4 is 0 Å². The molecular formula is C26H34O17. The fraction of sp³-hybridized carbons (Fsp3) is 0.654. The van der Waals surface area contributed by atoms with Gasteiger partial charge in [-0.05, 0) is 0 Å². The summed E-state index contributed by atoms with van der Waals surface area (Å²) in [6, 6.07) is 0. The Morgan fingerprint density at radius 1 is 0.581 bits per heavy atom. The molecule has 8 atom stereocenters. The zero-order valence-electron chi connectivity index (χ0n) is 24.6. The summed E-state index contributed by atoms with van der Waals surface area (Å²) in [7, 11) is 0. The molecule has 1 fully saturated rings. The second-order valence-corrected chi connectivity index (χ2v) is 9.29. The average molecular weight is 619 g/mol. The van der Waals surface area contributed by atoms with Crippen molar-refractivity contribution in [2.24, 2.45) is 0 Å². The van der Waals surface area contributed by atoms with Crippen LogP contribution in [0.5, 0.6) is 0 Å². The summed E-state index contributed by atoms with van der Waals surface area (Å²) >= 11 is 0. The number of hydrogen-bond acceptors (Lipinski definition) is 17. The topological polar surface area (TPSA) is 212 Å². The molecule has 0 spiro atoms. The first-order chi connectivity index (χ1) is 20.1. The van der Waals surface area contributed by atoms with Gasteiger partial charge in [0, 0.05) is 48.5 Å². The molecule has 0 aromatic rings. The van der Waals surface area contributed by atoms with Gasteiger partial charge in [0.25, 0.3) is 0 Å². The van der Waals surface area contributed by atoms with Gasteiger partial charge in [0.15, 0.2) is 42.6 Å². The SMILES string of the molecule is CC(=O)OC[C@H]1OC=C(OC(C)=O)[C@H](OC(C)=O)[C@@H]1O[C@@H]1O[C@H](COC(C)=O)[C@@H](OC(C)=O)[C@H](OC(C)=O)[C@H]1OC(C)=O. The summed E-state index contributed by atoms with van der Waals surface area (Å²) in [4.78, 5) is 83.2. The van der Waals surface area contributed by atoms with Gasteiger partial charge in [0.1, 0.15) is 31.7 Å². The van der Waals surface area contributed by atoms with Gasteiger partial charge < -0.3 is 47.4 Å². The van der Waals surface area contributed by atoms with Crippen molar-refractivity contribution < 1.29 is 80.9 Å². The molecular weight excluding hydrogens is 584 g/mol. The van der Waals surface area contributed by atoms with Gasteiger partial charge in [0.2, 0.25) is 0 Å². The lowest BCUT2D eigenvalue weighted by molar-refractivity contribution is -0.330. The lowest BCUT2D eigenvalue weighted by Gasteiger charge is -2.46. The van der Waals surface area contributed by atoms with Crippen molar-refractivity contribution in [3.63, 3.8) is 0 Å². The smallest absolute Gasteiger partial charge is 0.307 e. The van der Waals surface area contributed by atoms with E-state index < -0.39 is 104 Å². The largest absolute Gasteiger partial charge is 0.488 e. The van der Waals surface area contributed by atoms with E-state index in [1.165, 1.54) is 0 Å². The number of rotatable bonds is 11. The number of carbonyl (C=O) groups excluding carboxylic acids is 7. The van der Waals surface area contributed by atoms with Crippen molar-refractivity contribution >= 4 is 41.8 Å². The van der Waals surface area contributed by atoms with Gasteiger partial charge in [-0.25, -0.2) is 0 Å². The molecule has 0 bridgehead atoms. The van der Waals surface area contributed by atoms with Crippen LogP contribution in [0.2, 0.25) is 0 Å². The highest BCUT2D eigenvalue weighted by Gasteiger charge is 2.55. The van der Waals surface area contributed by atoms with Crippen LogP contribution in [0.3, 0.4) is 0 Å². The molecule has 2 aliphatic rings. The number of hydrogen-bond donors (Lipinski definition) is 0. The van der Waals surface area contributed by atoms with Crippen molar-refractivity contribution in [1.82, 2.24) is 0 Å². The van der Waals surface area contributed by atoms with E-state index in [0.29, 0.717) is 0 Å². The third-order valence-electron chi connectivity index (χ3n) is 5.55. The predicted octanol–water partition coefficient (Wildman–Crippen LogP) is -0.247. The van der Waals surface area contributed by atoms with E-state index >= 15 is 0 Å². The summed E-state index contributed by atoms with van der Waals surface area (Å²) in [6.07, 6.45) is -11.1. The maximum atomic E-state index is 12.2. The molecule has 0 radical (unpaired) electrons. The van der Waals surface area contributed by atoms with E-state index in [1.54, 1.807) is 0 Å². The molecule has 0 unspecified atom stereocenters. The number of esters is 7. The Balaban J connectivity index is 2.64. The minimum atomic E-state index is -1.73. The lowest BCUT2D eigenvalue weighted by Crippen LogP contribution is -2.64. The fourth-order valence-electron chi connectivity index (χ4n) is 4.15. The zero-order chi connectivity index (χ0) is 32.4. The Hall–Kier alpha value is -4.25. The molecule has 17 nitrogen and oxygen atoms in total. The van der Waals surface area contributed by atoms with Crippen LogP contribution in [0.1, 0.15) is 48.5 Å². The summed E-state index contributed by atoms with van der Waals surface area (Å²) in [6.45, 7) is 6.50. The van der Waals surface area contributed by atoms with Gasteiger partial charge >= 0.3 is 41.8 Å². The summed E-state index contributed by atoms with van der Waals surface area (Å²) in [5.41, 5.74) is 0. The Bertz CT molecular complexity index is 1110. The Morgan fingerprint density at radius 3 is 1.56 bits per heavy atom. The van der Waals surface area contributed by atoms with E-state index in [-0.39, 0.29) is 5.76 Å². The molecule has 2 aliphatic heterocycles. The molecule has 43 heavy (non-hydrogen) atoms. The molecule has 0 amide bonds. The summed E-state index contributed by atoms with van der Waals surface area (Å²) in [5.74, 6) is -6.01. The van der Waals surface area contributed by atoms with E-state index in [9.17, 15) is 33.6 Å². The monoisotopic (exact) mass is 618 g/mol. The predicted molar refractivity (Wildman–Crippen MR) is 134 cm³/mol. The molecule has 2 heterocycles. The Labute approximate surface area is 245 Å². The van der Waals surface area contributed by atoms with Crippen molar-refractivity contribution in [2.45, 2.75) is 97.5 Å². The average Bonchev–Trinajstić information content (AvgIpc) is 2.86. The van der Waals surface area contributed by atoms with Crippen LogP contribution in [-0.2, 0) is 80.9 Å². The summed E-state index contributed by atoms with van der Waals surface area (Å²) < 4.78 is 54.3. The first kappa shape index (κ1) is 34.9. The van der Waals surface area contributed by atoms with Gasteiger partial charge in [-0.15, -0.1) is 0 Å². The highest BCUT2D eigenvalue weighted by molar-refractivity contribution is 5.70. The quantitative estimate of drug-likeness (QED) is 0.216. The van der Waals surface area contributed by atoms with Crippen LogP contribution in [0, 0.1) is 0 Å². The fourth-order valence-corrected chi connectivity index (χ4v) is 4.15. The second-order valence-electron chi connectivity index (χ2n) is 9.29. The van der Waals surface area contributed by atoms with Crippen LogP contribution in [-0.4, -0.2) is 104 Å². The molecule has 1 saturated heterocycles. The van der Waals surface area contributed by atoms with Gasteiger partial charge in [-0.2, -0.15) is 0 Å². The third-order valence-corrected chi connectivity index (χ3v) is 5.55. The molecule has 0 N–H and O–H groups in total. The minimum Gasteiger partial charge on any atom is -0.488 e. The van der Waals surface area contributed by atoms with Crippen molar-refractivity contribution in [2.75, 3.05) is 13.2 Å². The summed E-state index contributed by atoms with van der Waals surface area (Å²) in [5, 5.41) is 0. The molecule has 0 aromatic carbocycles. The first-order valence-electron chi connectivity index (χ1n) is 12.9. The highest BCUT2D eigenvalue weighted by atomic mass is 16.8. The van der Waals surface area contributed by atoms with Crippen molar-refractivity contribution in [1.29, 1.82) is 0 Å². The van der Waals surface area contributed by atoms with E-state index in [4.69, 9.17) is 47.4 Å².